The van der Waals surface area contributed by atoms with Gasteiger partial charge in [-0.05, 0) is 0 Å². The average Bonchev–Trinajstić information content (AvgIpc) is 2.36. The molecule has 1 heterocycles. The third kappa shape index (κ3) is 1.65. The fourth-order valence-corrected chi connectivity index (χ4v) is 1.11. The largest absolute Gasteiger partial charge is 0.377 e. The molecule has 0 radical (unpaired) electrons. The Balaban J connectivity index is 2.27. The molecule has 2 atom stereocenters. The van der Waals surface area contributed by atoms with E-state index in [-0.39, 0.29) is 12.2 Å². The number of nitrogens with one attached hydrogen (secondary N) is 1. The molecule has 1 fully saturated rings. The molecule has 1 rings (SSSR count). The van der Waals surface area contributed by atoms with Crippen LogP contribution in [0.1, 0.15) is 0 Å². The maximum atomic E-state index is 11.6. The van der Waals surface area contributed by atoms with Crippen LogP contribution in [0.2, 0.25) is 0 Å². The Morgan fingerprint density at radius 2 is 2.20 bits per heavy atom. The molecule has 60 valence electrons. The first kappa shape index (κ1) is 7.91. The van der Waals surface area contributed by atoms with Gasteiger partial charge in [-0.1, -0.05) is 0 Å². The Morgan fingerprint density at radius 1 is 1.50 bits per heavy atom. The molecule has 1 N–H and O–H groups in total. The van der Waals surface area contributed by atoms with E-state index in [2.05, 4.69) is 5.32 Å². The number of alkyl halides is 1. The second-order valence-electron chi connectivity index (χ2n) is 2.25. The van der Waals surface area contributed by atoms with Gasteiger partial charge in [-0.15, -0.1) is 0 Å². The van der Waals surface area contributed by atoms with Gasteiger partial charge < -0.3 is 14.8 Å². The van der Waals surface area contributed by atoms with Gasteiger partial charge in [-0.25, -0.2) is 4.39 Å². The van der Waals surface area contributed by atoms with Gasteiger partial charge in [-0.3, -0.25) is 0 Å². The molecular weight excluding hydrogens is 137 g/mol. The van der Waals surface area contributed by atoms with Gasteiger partial charge in [0.15, 0.2) is 6.86 Å². The van der Waals surface area contributed by atoms with Crippen molar-refractivity contribution in [2.45, 2.75) is 12.2 Å². The third-order valence-corrected chi connectivity index (χ3v) is 1.69. The number of methoxy groups -OCH3 is 1. The summed E-state index contributed by atoms with van der Waals surface area (Å²) in [5.74, 6) is 0. The van der Waals surface area contributed by atoms with Crippen LogP contribution in [0.4, 0.5) is 4.39 Å². The van der Waals surface area contributed by atoms with Crippen molar-refractivity contribution in [3.63, 3.8) is 0 Å². The second kappa shape index (κ2) is 3.85. The standard InChI is InChI=1S/C6H12FNO2/c1-9-5-2-8-3-6(5)10-4-7/h5-6,8H,2-4H2,1H3/t5-,6+/m0/s1. The maximum Gasteiger partial charge on any atom is 0.188 e. The van der Waals surface area contributed by atoms with Crippen molar-refractivity contribution >= 4 is 0 Å². The molecule has 1 saturated heterocycles. The zero-order chi connectivity index (χ0) is 7.40. The lowest BCUT2D eigenvalue weighted by molar-refractivity contribution is -0.0590. The van der Waals surface area contributed by atoms with Crippen LogP contribution in [-0.4, -0.2) is 39.3 Å². The number of ether oxygens (including phenoxy) is 2. The summed E-state index contributed by atoms with van der Waals surface area (Å²) in [7, 11) is 1.60. The SMILES string of the molecule is CO[C@H]1CNC[C@H]1OCF. The molecule has 1 aliphatic heterocycles. The molecule has 4 heteroatoms. The van der Waals surface area contributed by atoms with E-state index in [0.29, 0.717) is 6.54 Å². The maximum absolute atomic E-state index is 11.6. The molecule has 0 spiro atoms. The highest BCUT2D eigenvalue weighted by atomic mass is 19.1. The van der Waals surface area contributed by atoms with Crippen molar-refractivity contribution in [3.8, 4) is 0 Å². The lowest BCUT2D eigenvalue weighted by Gasteiger charge is -2.14. The van der Waals surface area contributed by atoms with Crippen LogP contribution >= 0.6 is 0 Å². The van der Waals surface area contributed by atoms with Crippen LogP contribution in [0.15, 0.2) is 0 Å². The van der Waals surface area contributed by atoms with E-state index in [1.165, 1.54) is 0 Å². The summed E-state index contributed by atoms with van der Waals surface area (Å²) < 4.78 is 21.4. The Morgan fingerprint density at radius 3 is 2.80 bits per heavy atom. The molecule has 0 aromatic rings. The van der Waals surface area contributed by atoms with E-state index < -0.39 is 6.86 Å². The van der Waals surface area contributed by atoms with E-state index in [9.17, 15) is 4.39 Å². The second-order valence-corrected chi connectivity index (χ2v) is 2.25. The van der Waals surface area contributed by atoms with Crippen molar-refractivity contribution in [2.24, 2.45) is 0 Å². The summed E-state index contributed by atoms with van der Waals surface area (Å²) in [4.78, 5) is 0. The highest BCUT2D eigenvalue weighted by Crippen LogP contribution is 2.07. The molecule has 3 nitrogen and oxygen atoms in total. The van der Waals surface area contributed by atoms with Crippen molar-refractivity contribution in [2.75, 3.05) is 27.1 Å². The van der Waals surface area contributed by atoms with Crippen molar-refractivity contribution in [1.82, 2.24) is 5.32 Å². The monoisotopic (exact) mass is 149 g/mol. The first-order valence-corrected chi connectivity index (χ1v) is 3.29. The molecule has 0 aliphatic carbocycles. The number of hydrogen-bond donors (Lipinski definition) is 1. The summed E-state index contributed by atoms with van der Waals surface area (Å²) in [5.41, 5.74) is 0. The minimum Gasteiger partial charge on any atom is -0.377 e. The number of halogens is 1. The Bertz CT molecular complexity index is 102. The average molecular weight is 149 g/mol. The van der Waals surface area contributed by atoms with Gasteiger partial charge in [0, 0.05) is 20.2 Å². The Labute approximate surface area is 59.5 Å². The van der Waals surface area contributed by atoms with Crippen LogP contribution in [-0.2, 0) is 9.47 Å². The fraction of sp³-hybridized carbons (Fsp3) is 1.00. The summed E-state index contributed by atoms with van der Waals surface area (Å²) in [6.45, 7) is 0.704. The molecule has 10 heavy (non-hydrogen) atoms. The van der Waals surface area contributed by atoms with Crippen molar-refractivity contribution in [3.05, 3.63) is 0 Å². The van der Waals surface area contributed by atoms with E-state index in [1.807, 2.05) is 0 Å². The third-order valence-electron chi connectivity index (χ3n) is 1.69. The predicted molar refractivity (Wildman–Crippen MR) is 34.5 cm³/mol. The molecular formula is C6H12FNO2. The highest BCUT2D eigenvalue weighted by molar-refractivity contribution is 4.82. The van der Waals surface area contributed by atoms with Crippen molar-refractivity contribution in [1.29, 1.82) is 0 Å². The molecule has 0 amide bonds. The smallest absolute Gasteiger partial charge is 0.188 e. The van der Waals surface area contributed by atoms with Gasteiger partial charge in [0.1, 0.15) is 6.10 Å². The zero-order valence-electron chi connectivity index (χ0n) is 5.97. The van der Waals surface area contributed by atoms with E-state index in [4.69, 9.17) is 9.47 Å². The van der Waals surface area contributed by atoms with Gasteiger partial charge in [-0.2, -0.15) is 0 Å². The molecule has 0 bridgehead atoms. The normalized spacial score (nSPS) is 33.0. The first-order chi connectivity index (χ1) is 4.88. The van der Waals surface area contributed by atoms with Gasteiger partial charge in [0.05, 0.1) is 6.10 Å². The lowest BCUT2D eigenvalue weighted by Crippen LogP contribution is -2.28. The quantitative estimate of drug-likeness (QED) is 0.608. The van der Waals surface area contributed by atoms with Crippen LogP contribution in [0.25, 0.3) is 0 Å². The minimum atomic E-state index is -0.730. The fourth-order valence-electron chi connectivity index (χ4n) is 1.11. The lowest BCUT2D eigenvalue weighted by atomic mass is 10.3. The van der Waals surface area contributed by atoms with Gasteiger partial charge in [0.2, 0.25) is 0 Å². The Hall–Kier alpha value is -0.190. The predicted octanol–water partition coefficient (Wildman–Crippen LogP) is -0.0832. The first-order valence-electron chi connectivity index (χ1n) is 3.29. The summed E-state index contributed by atoms with van der Waals surface area (Å²) >= 11 is 0. The molecule has 0 aromatic carbocycles. The van der Waals surface area contributed by atoms with Crippen LogP contribution < -0.4 is 5.32 Å². The van der Waals surface area contributed by atoms with Gasteiger partial charge >= 0.3 is 0 Å². The zero-order valence-corrected chi connectivity index (χ0v) is 5.97. The van der Waals surface area contributed by atoms with Crippen LogP contribution in [0.5, 0.6) is 0 Å². The van der Waals surface area contributed by atoms with Crippen molar-refractivity contribution < 1.29 is 13.9 Å². The summed E-state index contributed by atoms with van der Waals surface area (Å²) in [5, 5.41) is 3.04. The van der Waals surface area contributed by atoms with E-state index in [1.54, 1.807) is 7.11 Å². The number of rotatable bonds is 3. The van der Waals surface area contributed by atoms with Crippen LogP contribution in [0, 0.1) is 0 Å². The van der Waals surface area contributed by atoms with E-state index in [0.717, 1.165) is 6.54 Å². The summed E-state index contributed by atoms with van der Waals surface area (Å²) in [6, 6.07) is 0. The molecule has 0 unspecified atom stereocenters. The molecule has 0 saturated carbocycles. The topological polar surface area (TPSA) is 30.5 Å². The number of hydrogen-bond acceptors (Lipinski definition) is 3. The van der Waals surface area contributed by atoms with E-state index >= 15 is 0 Å². The summed E-state index contributed by atoms with van der Waals surface area (Å²) in [6.07, 6.45) is -0.106. The molecule has 1 aliphatic rings. The van der Waals surface area contributed by atoms with Gasteiger partial charge in [0.25, 0.3) is 0 Å². The minimum absolute atomic E-state index is 0.00995. The molecule has 0 aromatic heterocycles. The Kier molecular flexibility index (Phi) is 3.05. The highest BCUT2D eigenvalue weighted by Gasteiger charge is 2.27. The van der Waals surface area contributed by atoms with Crippen LogP contribution in [0.3, 0.4) is 0 Å².